The lowest BCUT2D eigenvalue weighted by Crippen LogP contribution is -2.43. The van der Waals surface area contributed by atoms with Crippen molar-refractivity contribution < 1.29 is 8.42 Å². The first-order valence-corrected chi connectivity index (χ1v) is 9.26. The summed E-state index contributed by atoms with van der Waals surface area (Å²) >= 11 is 0. The summed E-state index contributed by atoms with van der Waals surface area (Å²) in [5.41, 5.74) is 5.99. The molecular weight excluding hydrogens is 276 g/mol. The number of nitrogens with zero attached hydrogens (tertiary/aromatic N) is 2. The van der Waals surface area contributed by atoms with E-state index in [2.05, 4.69) is 9.71 Å². The van der Waals surface area contributed by atoms with Crippen molar-refractivity contribution in [2.24, 2.45) is 16.6 Å². The minimum Gasteiger partial charge on any atom is -0.370 e. The molecular formula is C13H26N4O2S. The molecule has 0 bridgehead atoms. The first kappa shape index (κ1) is 15.6. The van der Waals surface area contributed by atoms with Gasteiger partial charge in [-0.3, -0.25) is 4.99 Å². The highest BCUT2D eigenvalue weighted by Crippen LogP contribution is 2.27. The second kappa shape index (κ2) is 6.30. The lowest BCUT2D eigenvalue weighted by molar-refractivity contribution is 0.296. The van der Waals surface area contributed by atoms with Crippen LogP contribution in [0, 0.1) is 5.92 Å². The molecule has 116 valence electrons. The Morgan fingerprint density at radius 2 is 1.95 bits per heavy atom. The van der Waals surface area contributed by atoms with Gasteiger partial charge >= 0.3 is 0 Å². The summed E-state index contributed by atoms with van der Waals surface area (Å²) in [4.78, 5) is 6.50. The molecule has 2 saturated carbocycles. The smallest absolute Gasteiger partial charge is 0.208 e. The van der Waals surface area contributed by atoms with Gasteiger partial charge in [0.25, 0.3) is 0 Å². The van der Waals surface area contributed by atoms with Crippen LogP contribution < -0.4 is 10.5 Å². The van der Waals surface area contributed by atoms with Crippen LogP contribution in [0.25, 0.3) is 0 Å². The number of aliphatic imine (C=N–C) groups is 1. The van der Waals surface area contributed by atoms with E-state index in [0.29, 0.717) is 18.5 Å². The van der Waals surface area contributed by atoms with Crippen LogP contribution >= 0.6 is 0 Å². The van der Waals surface area contributed by atoms with Crippen molar-refractivity contribution in [3.8, 4) is 0 Å². The van der Waals surface area contributed by atoms with Crippen LogP contribution in [0.5, 0.6) is 0 Å². The maximum atomic E-state index is 11.4. The second-order valence-electron chi connectivity index (χ2n) is 6.08. The van der Waals surface area contributed by atoms with Crippen molar-refractivity contribution in [3.63, 3.8) is 0 Å². The van der Waals surface area contributed by atoms with Gasteiger partial charge in [-0.15, -0.1) is 0 Å². The molecule has 0 spiro atoms. The third-order valence-corrected chi connectivity index (χ3v) is 4.95. The molecule has 0 aliphatic heterocycles. The predicted molar refractivity (Wildman–Crippen MR) is 81.0 cm³/mol. The number of nitrogens with two attached hydrogens (primary N) is 1. The molecule has 0 aromatic rings. The van der Waals surface area contributed by atoms with Gasteiger partial charge in [0.05, 0.1) is 6.26 Å². The molecule has 0 radical (unpaired) electrons. The SMILES string of the molecule is CN(C(N)=NCC1CCCCC1NS(C)(=O)=O)C1CC1. The Labute approximate surface area is 121 Å². The Hall–Kier alpha value is -0.820. The van der Waals surface area contributed by atoms with Gasteiger partial charge in [-0.05, 0) is 31.6 Å². The van der Waals surface area contributed by atoms with Crippen LogP contribution in [0.1, 0.15) is 38.5 Å². The number of sulfonamides is 1. The van der Waals surface area contributed by atoms with E-state index in [1.807, 2.05) is 11.9 Å². The molecule has 2 aliphatic rings. The van der Waals surface area contributed by atoms with E-state index >= 15 is 0 Å². The van der Waals surface area contributed by atoms with Gasteiger partial charge < -0.3 is 10.6 Å². The summed E-state index contributed by atoms with van der Waals surface area (Å²) in [7, 11) is -1.18. The third-order valence-electron chi connectivity index (χ3n) is 4.22. The number of guanidine groups is 1. The van der Waals surface area contributed by atoms with E-state index in [9.17, 15) is 8.42 Å². The molecule has 2 atom stereocenters. The van der Waals surface area contributed by atoms with Crippen molar-refractivity contribution >= 4 is 16.0 Å². The molecule has 0 amide bonds. The Kier molecular flexibility index (Phi) is 4.90. The van der Waals surface area contributed by atoms with E-state index in [4.69, 9.17) is 5.73 Å². The molecule has 6 nitrogen and oxygen atoms in total. The van der Waals surface area contributed by atoms with Crippen molar-refractivity contribution in [1.82, 2.24) is 9.62 Å². The molecule has 7 heteroatoms. The number of hydrogen-bond acceptors (Lipinski definition) is 3. The maximum absolute atomic E-state index is 11.4. The van der Waals surface area contributed by atoms with Crippen LogP contribution in [0.4, 0.5) is 0 Å². The third kappa shape index (κ3) is 4.63. The van der Waals surface area contributed by atoms with Gasteiger partial charge in [-0.2, -0.15) is 0 Å². The molecule has 2 rings (SSSR count). The largest absolute Gasteiger partial charge is 0.370 e. The summed E-state index contributed by atoms with van der Waals surface area (Å²) in [6, 6.07) is 0.552. The van der Waals surface area contributed by atoms with Crippen molar-refractivity contribution in [1.29, 1.82) is 0 Å². The van der Waals surface area contributed by atoms with Crippen LogP contribution in [-0.4, -0.2) is 51.2 Å². The fraction of sp³-hybridized carbons (Fsp3) is 0.923. The summed E-state index contributed by atoms with van der Waals surface area (Å²) in [5, 5.41) is 0. The normalized spacial score (nSPS) is 28.4. The van der Waals surface area contributed by atoms with Gasteiger partial charge in [0.1, 0.15) is 0 Å². The van der Waals surface area contributed by atoms with Gasteiger partial charge in [-0.25, -0.2) is 13.1 Å². The fourth-order valence-corrected chi connectivity index (χ4v) is 3.69. The Morgan fingerprint density at radius 3 is 2.55 bits per heavy atom. The highest BCUT2D eigenvalue weighted by atomic mass is 32.2. The molecule has 2 unspecified atom stereocenters. The van der Waals surface area contributed by atoms with E-state index in [0.717, 1.165) is 25.7 Å². The van der Waals surface area contributed by atoms with Gasteiger partial charge in [0.2, 0.25) is 10.0 Å². The summed E-state index contributed by atoms with van der Waals surface area (Å²) in [5.74, 6) is 0.834. The van der Waals surface area contributed by atoms with Crippen LogP contribution in [-0.2, 0) is 10.0 Å². The molecule has 20 heavy (non-hydrogen) atoms. The minimum atomic E-state index is -3.16. The van der Waals surface area contributed by atoms with Gasteiger partial charge in [0, 0.05) is 25.7 Å². The summed E-state index contributed by atoms with van der Waals surface area (Å²) in [6.45, 7) is 0.607. The molecule has 0 saturated heterocycles. The zero-order chi connectivity index (χ0) is 14.8. The Balaban J connectivity index is 1.92. The topological polar surface area (TPSA) is 87.8 Å². The highest BCUT2D eigenvalue weighted by molar-refractivity contribution is 7.88. The molecule has 2 fully saturated rings. The van der Waals surface area contributed by atoms with Gasteiger partial charge in [-0.1, -0.05) is 12.8 Å². The lowest BCUT2D eigenvalue weighted by atomic mass is 9.85. The quantitative estimate of drug-likeness (QED) is 0.572. The lowest BCUT2D eigenvalue weighted by Gasteiger charge is -2.30. The molecule has 0 aromatic carbocycles. The van der Waals surface area contributed by atoms with Crippen molar-refractivity contribution in [3.05, 3.63) is 0 Å². The number of hydrogen-bond donors (Lipinski definition) is 2. The zero-order valence-corrected chi connectivity index (χ0v) is 13.2. The molecule has 0 heterocycles. The van der Waals surface area contributed by atoms with Crippen molar-refractivity contribution in [2.75, 3.05) is 19.8 Å². The molecule has 3 N–H and O–H groups in total. The fourth-order valence-electron chi connectivity index (χ4n) is 2.83. The predicted octanol–water partition coefficient (Wildman–Crippen LogP) is 0.503. The van der Waals surface area contributed by atoms with Crippen LogP contribution in [0.3, 0.4) is 0 Å². The second-order valence-corrected chi connectivity index (χ2v) is 7.86. The summed E-state index contributed by atoms with van der Waals surface area (Å²) in [6.07, 6.45) is 7.72. The number of nitrogens with one attached hydrogen (secondary N) is 1. The zero-order valence-electron chi connectivity index (χ0n) is 12.4. The highest BCUT2D eigenvalue weighted by Gasteiger charge is 2.29. The number of rotatable bonds is 5. The van der Waals surface area contributed by atoms with E-state index < -0.39 is 10.0 Å². The van der Waals surface area contributed by atoms with Crippen LogP contribution in [0.15, 0.2) is 4.99 Å². The monoisotopic (exact) mass is 302 g/mol. The van der Waals surface area contributed by atoms with Gasteiger partial charge in [0.15, 0.2) is 5.96 Å². The average molecular weight is 302 g/mol. The van der Waals surface area contributed by atoms with Crippen LogP contribution in [0.2, 0.25) is 0 Å². The first-order valence-electron chi connectivity index (χ1n) is 7.37. The molecule has 2 aliphatic carbocycles. The maximum Gasteiger partial charge on any atom is 0.208 e. The Morgan fingerprint density at radius 1 is 1.30 bits per heavy atom. The van der Waals surface area contributed by atoms with E-state index in [1.54, 1.807) is 0 Å². The summed E-state index contributed by atoms with van der Waals surface area (Å²) < 4.78 is 25.6. The van der Waals surface area contributed by atoms with Crippen molar-refractivity contribution in [2.45, 2.75) is 50.6 Å². The van der Waals surface area contributed by atoms with E-state index in [-0.39, 0.29) is 12.0 Å². The minimum absolute atomic E-state index is 0.00142. The van der Waals surface area contributed by atoms with E-state index in [1.165, 1.54) is 19.1 Å². The first-order chi connectivity index (χ1) is 9.37. The Bertz CT molecular complexity index is 459. The standard InChI is InChI=1S/C13H26N4O2S/c1-17(11-7-8-11)13(14)15-9-10-5-3-4-6-12(10)16-20(2,18)19/h10-12,16H,3-9H2,1-2H3,(H2,14,15). The molecule has 0 aromatic heterocycles. The average Bonchev–Trinajstić information content (AvgIpc) is 3.19.